The van der Waals surface area contributed by atoms with Crippen LogP contribution in [0.1, 0.15) is 13.8 Å². The Morgan fingerprint density at radius 2 is 1.82 bits per heavy atom. The highest BCUT2D eigenvalue weighted by molar-refractivity contribution is 8.26. The van der Waals surface area contributed by atoms with E-state index in [-0.39, 0.29) is 4.90 Å². The molecule has 0 spiro atoms. The predicted octanol–water partition coefficient (Wildman–Crippen LogP) is 2.22. The molecule has 17 heavy (non-hydrogen) atoms. The molecule has 0 aromatic heterocycles. The molecule has 0 saturated carbocycles. The molecule has 0 unspecified atom stereocenters. The molecular weight excluding hydrogens is 264 g/mol. The third kappa shape index (κ3) is 2.56. The molecule has 0 aliphatic rings. The van der Waals surface area contributed by atoms with Crippen molar-refractivity contribution in [3.8, 4) is 0 Å². The zero-order valence-electron chi connectivity index (χ0n) is 9.48. The Morgan fingerprint density at radius 1 is 1.35 bits per heavy atom. The summed E-state index contributed by atoms with van der Waals surface area (Å²) in [4.78, 5) is 11.8. The van der Waals surface area contributed by atoms with E-state index in [9.17, 15) is 13.9 Å². The number of amides is 1. The van der Waals surface area contributed by atoms with Gasteiger partial charge in [-0.25, -0.2) is 5.84 Å². The number of benzene rings is 1. The van der Waals surface area contributed by atoms with E-state index in [0.717, 1.165) is 0 Å². The molecular formula is C10H15ClN2O3S. The highest BCUT2D eigenvalue weighted by atomic mass is 35.5. The lowest BCUT2D eigenvalue weighted by Crippen LogP contribution is -2.48. The van der Waals surface area contributed by atoms with Crippen molar-refractivity contribution in [2.75, 3.05) is 0 Å². The number of carbonyl (C=O) groups excluding carboxylic acids is 1. The van der Waals surface area contributed by atoms with Crippen molar-refractivity contribution in [3.63, 3.8) is 0 Å². The SMILES string of the molecule is CC(C)(C(=O)NN)S(O)(O)c1ccc(Cl)cc1. The van der Waals surface area contributed by atoms with Crippen molar-refractivity contribution in [1.82, 2.24) is 5.43 Å². The molecule has 0 atom stereocenters. The molecule has 0 fully saturated rings. The number of halogens is 1. The van der Waals surface area contributed by atoms with E-state index in [0.29, 0.717) is 5.02 Å². The molecule has 1 amide bonds. The van der Waals surface area contributed by atoms with Crippen LogP contribution in [-0.4, -0.2) is 19.8 Å². The lowest BCUT2D eigenvalue weighted by atomic mass is 10.2. The molecule has 5 nitrogen and oxygen atoms in total. The van der Waals surface area contributed by atoms with Crippen LogP contribution in [0.4, 0.5) is 0 Å². The smallest absolute Gasteiger partial charge is 0.259 e. The van der Waals surface area contributed by atoms with Gasteiger partial charge in [0.05, 0.1) is 4.90 Å². The van der Waals surface area contributed by atoms with E-state index in [1.54, 1.807) is 0 Å². The molecule has 5 N–H and O–H groups in total. The van der Waals surface area contributed by atoms with Gasteiger partial charge < -0.3 is 0 Å². The Bertz CT molecular complexity index is 420. The molecule has 0 saturated heterocycles. The second-order valence-corrected chi connectivity index (χ2v) is 7.01. The van der Waals surface area contributed by atoms with Crippen LogP contribution >= 0.6 is 22.2 Å². The van der Waals surface area contributed by atoms with Crippen LogP contribution in [-0.2, 0) is 4.79 Å². The fourth-order valence-electron chi connectivity index (χ4n) is 1.22. The van der Waals surface area contributed by atoms with Gasteiger partial charge in [0.2, 0.25) is 0 Å². The number of nitrogens with two attached hydrogens (primary N) is 1. The Labute approximate surface area is 106 Å². The van der Waals surface area contributed by atoms with Crippen LogP contribution < -0.4 is 11.3 Å². The quantitative estimate of drug-likeness (QED) is 0.387. The van der Waals surface area contributed by atoms with Crippen LogP contribution in [0.5, 0.6) is 0 Å². The molecule has 1 aromatic rings. The van der Waals surface area contributed by atoms with Gasteiger partial charge in [-0.1, -0.05) is 11.6 Å². The van der Waals surface area contributed by atoms with Gasteiger partial charge in [-0.2, -0.15) is 10.6 Å². The highest BCUT2D eigenvalue weighted by Gasteiger charge is 2.42. The summed E-state index contributed by atoms with van der Waals surface area (Å²) in [6.07, 6.45) is 0. The van der Waals surface area contributed by atoms with Crippen LogP contribution in [0.2, 0.25) is 5.02 Å². The summed E-state index contributed by atoms with van der Waals surface area (Å²) in [5, 5.41) is 0.477. The second kappa shape index (κ2) is 4.83. The first-order chi connectivity index (χ1) is 7.73. The Balaban J connectivity index is 3.18. The van der Waals surface area contributed by atoms with Gasteiger partial charge in [-0.05, 0) is 38.1 Å². The monoisotopic (exact) mass is 278 g/mol. The van der Waals surface area contributed by atoms with E-state index < -0.39 is 21.2 Å². The van der Waals surface area contributed by atoms with Gasteiger partial charge >= 0.3 is 0 Å². The second-order valence-electron chi connectivity index (χ2n) is 3.99. The van der Waals surface area contributed by atoms with Gasteiger partial charge in [0.25, 0.3) is 5.91 Å². The molecule has 96 valence electrons. The molecule has 7 heteroatoms. The topological polar surface area (TPSA) is 95.6 Å². The first-order valence-electron chi connectivity index (χ1n) is 4.78. The number of hydrogen-bond acceptors (Lipinski definition) is 4. The number of hydrazine groups is 1. The third-order valence-corrected chi connectivity index (χ3v) is 5.32. The van der Waals surface area contributed by atoms with Crippen molar-refractivity contribution in [3.05, 3.63) is 29.3 Å². The van der Waals surface area contributed by atoms with Crippen molar-refractivity contribution in [2.45, 2.75) is 23.5 Å². The standard InChI is InChI=1S/C10H15ClN2O3S/c1-10(2,9(14)13-12)17(15,16)8-5-3-7(11)4-6-8/h3-6,15-16H,12H2,1-2H3,(H,13,14). The van der Waals surface area contributed by atoms with Gasteiger partial charge in [-0.15, -0.1) is 0 Å². The van der Waals surface area contributed by atoms with Crippen molar-refractivity contribution in [1.29, 1.82) is 0 Å². The number of hydrogen-bond donors (Lipinski definition) is 4. The first-order valence-corrected chi connectivity index (χ1v) is 6.70. The molecule has 1 rings (SSSR count). The lowest BCUT2D eigenvalue weighted by molar-refractivity contribution is -0.123. The molecule has 0 bridgehead atoms. The summed E-state index contributed by atoms with van der Waals surface area (Å²) < 4.78 is 18.9. The van der Waals surface area contributed by atoms with Crippen LogP contribution in [0.25, 0.3) is 0 Å². The van der Waals surface area contributed by atoms with Crippen LogP contribution in [0.15, 0.2) is 29.2 Å². The number of nitrogens with one attached hydrogen (secondary N) is 1. The minimum Gasteiger partial charge on any atom is -0.294 e. The maximum Gasteiger partial charge on any atom is 0.259 e. The molecule has 0 radical (unpaired) electrons. The summed E-state index contributed by atoms with van der Waals surface area (Å²) in [6, 6.07) is 6.01. The summed E-state index contributed by atoms with van der Waals surface area (Å²) in [7, 11) is -3.32. The maximum atomic E-state index is 11.6. The Hall–Kier alpha value is -0.790. The normalized spacial score (nSPS) is 13.3. The largest absolute Gasteiger partial charge is 0.294 e. The maximum absolute atomic E-state index is 11.6. The third-order valence-electron chi connectivity index (χ3n) is 2.53. The zero-order valence-corrected chi connectivity index (χ0v) is 11.0. The number of rotatable bonds is 3. The van der Waals surface area contributed by atoms with Crippen LogP contribution in [0, 0.1) is 0 Å². The summed E-state index contributed by atoms with van der Waals surface area (Å²) >= 11 is 5.71. The van der Waals surface area contributed by atoms with Gasteiger partial charge in [0.1, 0.15) is 4.75 Å². The highest BCUT2D eigenvalue weighted by Crippen LogP contribution is 2.58. The van der Waals surface area contributed by atoms with Crippen molar-refractivity contribution < 1.29 is 13.9 Å². The lowest BCUT2D eigenvalue weighted by Gasteiger charge is -2.44. The van der Waals surface area contributed by atoms with Crippen molar-refractivity contribution in [2.24, 2.45) is 5.84 Å². The van der Waals surface area contributed by atoms with Gasteiger partial charge in [-0.3, -0.25) is 19.3 Å². The predicted molar refractivity (Wildman–Crippen MR) is 69.0 cm³/mol. The summed E-state index contributed by atoms with van der Waals surface area (Å²) in [5.74, 6) is 4.38. The first kappa shape index (κ1) is 14.3. The Morgan fingerprint density at radius 3 is 2.24 bits per heavy atom. The van der Waals surface area contributed by atoms with Gasteiger partial charge in [0, 0.05) is 5.02 Å². The molecule has 0 aliphatic heterocycles. The fraction of sp³-hybridized carbons (Fsp3) is 0.300. The van der Waals surface area contributed by atoms with Crippen molar-refractivity contribution >= 4 is 28.1 Å². The van der Waals surface area contributed by atoms with E-state index in [2.05, 4.69) is 0 Å². The molecule has 0 heterocycles. The van der Waals surface area contributed by atoms with E-state index >= 15 is 0 Å². The average Bonchev–Trinajstić information content (AvgIpc) is 2.28. The van der Waals surface area contributed by atoms with E-state index in [1.807, 2.05) is 5.43 Å². The molecule has 1 aromatic carbocycles. The van der Waals surface area contributed by atoms with E-state index in [4.69, 9.17) is 17.4 Å². The Kier molecular flexibility index (Phi) is 4.06. The van der Waals surface area contributed by atoms with E-state index in [1.165, 1.54) is 38.1 Å². The minimum atomic E-state index is -3.32. The fourth-order valence-corrected chi connectivity index (χ4v) is 2.77. The average molecular weight is 279 g/mol. The summed E-state index contributed by atoms with van der Waals surface area (Å²) in [5.41, 5.74) is 1.93. The van der Waals surface area contributed by atoms with Gasteiger partial charge in [0.15, 0.2) is 0 Å². The minimum absolute atomic E-state index is 0.246. The van der Waals surface area contributed by atoms with Crippen LogP contribution in [0.3, 0.4) is 0 Å². The summed E-state index contributed by atoms with van der Waals surface area (Å²) in [6.45, 7) is 2.83. The number of carbonyl (C=O) groups is 1. The zero-order chi connectivity index (χ0) is 13.3. The molecule has 0 aliphatic carbocycles.